The van der Waals surface area contributed by atoms with Gasteiger partial charge in [-0.3, -0.25) is 0 Å². The predicted molar refractivity (Wildman–Crippen MR) is 119 cm³/mol. The molecule has 164 valence electrons. The number of unbranched alkanes of at least 4 members (excludes halogenated alkanes) is 2. The summed E-state index contributed by atoms with van der Waals surface area (Å²) in [6.07, 6.45) is 9.57. The van der Waals surface area contributed by atoms with E-state index in [0.717, 1.165) is 56.9 Å². The number of carboxylic acid groups (broad SMARTS) is 2. The fourth-order valence-electron chi connectivity index (χ4n) is 4.10. The Balaban J connectivity index is 3.46. The van der Waals surface area contributed by atoms with E-state index in [1.807, 2.05) is 0 Å². The van der Waals surface area contributed by atoms with E-state index in [9.17, 15) is 19.8 Å². The number of anilines is 1. The molecule has 1 aromatic carbocycles. The average Bonchev–Trinajstić information content (AvgIpc) is 2.69. The van der Waals surface area contributed by atoms with Gasteiger partial charge in [-0.25, -0.2) is 9.59 Å². The number of nitrogen functional groups attached to an aromatic ring is 1. The standard InChI is InChI=1S/C24H39NO4/c1-5-9-11-16(7-3)13-18-15-20(23(26)27)21(24(28)29)19(22(18)25)14-17(8-4)12-10-6-2/h15-17H,5-14,25H2,1-4H3,(H,26,27)(H,28,29). The number of hydrogen-bond acceptors (Lipinski definition) is 3. The van der Waals surface area contributed by atoms with Crippen LogP contribution in [-0.4, -0.2) is 22.2 Å². The normalized spacial score (nSPS) is 13.2. The first-order valence-electron chi connectivity index (χ1n) is 11.2. The molecule has 2 unspecified atom stereocenters. The third-order valence-electron chi connectivity index (χ3n) is 6.09. The molecule has 5 nitrogen and oxygen atoms in total. The van der Waals surface area contributed by atoms with Crippen molar-refractivity contribution in [2.24, 2.45) is 11.8 Å². The van der Waals surface area contributed by atoms with Crippen molar-refractivity contribution in [3.8, 4) is 0 Å². The molecule has 0 fully saturated rings. The summed E-state index contributed by atoms with van der Waals surface area (Å²) in [5.41, 5.74) is 8.02. The Morgan fingerprint density at radius 1 is 0.897 bits per heavy atom. The molecule has 5 heteroatoms. The maximum atomic E-state index is 12.0. The van der Waals surface area contributed by atoms with Crippen molar-refractivity contribution in [2.75, 3.05) is 5.73 Å². The molecular formula is C24H39NO4. The molecule has 0 radical (unpaired) electrons. The van der Waals surface area contributed by atoms with Crippen LogP contribution in [0.5, 0.6) is 0 Å². The minimum atomic E-state index is -1.21. The van der Waals surface area contributed by atoms with E-state index in [0.29, 0.717) is 35.9 Å². The summed E-state index contributed by atoms with van der Waals surface area (Å²) in [6, 6.07) is 1.51. The molecule has 2 atom stereocenters. The number of rotatable bonds is 14. The Labute approximate surface area is 175 Å². The van der Waals surface area contributed by atoms with E-state index < -0.39 is 11.9 Å². The molecule has 0 saturated carbocycles. The predicted octanol–water partition coefficient (Wildman–Crippen LogP) is 6.18. The van der Waals surface area contributed by atoms with Gasteiger partial charge in [-0.2, -0.15) is 0 Å². The van der Waals surface area contributed by atoms with Gasteiger partial charge in [0.05, 0.1) is 11.1 Å². The van der Waals surface area contributed by atoms with Crippen LogP contribution in [0.3, 0.4) is 0 Å². The first-order valence-corrected chi connectivity index (χ1v) is 11.2. The summed E-state index contributed by atoms with van der Waals surface area (Å²) in [7, 11) is 0. The van der Waals surface area contributed by atoms with E-state index >= 15 is 0 Å². The van der Waals surface area contributed by atoms with Crippen LogP contribution in [0.4, 0.5) is 5.69 Å². The van der Waals surface area contributed by atoms with Crippen molar-refractivity contribution in [3.63, 3.8) is 0 Å². The van der Waals surface area contributed by atoms with Crippen LogP contribution in [0, 0.1) is 11.8 Å². The number of benzene rings is 1. The second-order valence-electron chi connectivity index (χ2n) is 8.20. The van der Waals surface area contributed by atoms with Crippen LogP contribution >= 0.6 is 0 Å². The summed E-state index contributed by atoms with van der Waals surface area (Å²) in [6.45, 7) is 8.52. The Morgan fingerprint density at radius 2 is 1.41 bits per heavy atom. The van der Waals surface area contributed by atoms with Gasteiger partial charge in [0.1, 0.15) is 0 Å². The van der Waals surface area contributed by atoms with Crippen LogP contribution < -0.4 is 5.73 Å². The quantitative estimate of drug-likeness (QED) is 0.321. The Hall–Kier alpha value is -2.04. The molecule has 0 saturated heterocycles. The zero-order chi connectivity index (χ0) is 22.0. The van der Waals surface area contributed by atoms with Crippen LogP contribution in [0.25, 0.3) is 0 Å². The summed E-state index contributed by atoms with van der Waals surface area (Å²) >= 11 is 0. The monoisotopic (exact) mass is 405 g/mol. The Kier molecular flexibility index (Phi) is 10.8. The average molecular weight is 406 g/mol. The highest BCUT2D eigenvalue weighted by atomic mass is 16.4. The van der Waals surface area contributed by atoms with Crippen molar-refractivity contribution in [2.45, 2.75) is 91.9 Å². The number of hydrogen-bond donors (Lipinski definition) is 3. The lowest BCUT2D eigenvalue weighted by Gasteiger charge is -2.23. The fraction of sp³-hybridized carbons (Fsp3) is 0.667. The van der Waals surface area contributed by atoms with Crippen LogP contribution in [0.2, 0.25) is 0 Å². The first-order chi connectivity index (χ1) is 13.8. The lowest BCUT2D eigenvalue weighted by Crippen LogP contribution is -2.19. The Morgan fingerprint density at radius 3 is 1.83 bits per heavy atom. The molecule has 1 aromatic rings. The van der Waals surface area contributed by atoms with Gasteiger partial charge in [-0.15, -0.1) is 0 Å². The van der Waals surface area contributed by atoms with Crippen LogP contribution in [0.1, 0.15) is 111 Å². The van der Waals surface area contributed by atoms with E-state index in [4.69, 9.17) is 5.73 Å². The van der Waals surface area contributed by atoms with Crippen LogP contribution in [-0.2, 0) is 12.8 Å². The van der Waals surface area contributed by atoms with Gasteiger partial charge in [0.25, 0.3) is 0 Å². The first kappa shape index (κ1) is 25.0. The second-order valence-corrected chi connectivity index (χ2v) is 8.20. The van der Waals surface area contributed by atoms with Gasteiger partial charge in [0, 0.05) is 5.69 Å². The van der Waals surface area contributed by atoms with Crippen LogP contribution in [0.15, 0.2) is 6.07 Å². The maximum absolute atomic E-state index is 12.0. The van der Waals surface area contributed by atoms with Gasteiger partial charge in [-0.1, -0.05) is 79.1 Å². The van der Waals surface area contributed by atoms with Gasteiger partial charge < -0.3 is 15.9 Å². The highest BCUT2D eigenvalue weighted by Gasteiger charge is 2.27. The van der Waals surface area contributed by atoms with Crippen molar-refractivity contribution in [1.82, 2.24) is 0 Å². The molecule has 0 amide bonds. The summed E-state index contributed by atoms with van der Waals surface area (Å²) in [4.78, 5) is 23.9. The van der Waals surface area contributed by atoms with Crippen molar-refractivity contribution < 1.29 is 19.8 Å². The summed E-state index contributed by atoms with van der Waals surface area (Å²) < 4.78 is 0. The second kappa shape index (κ2) is 12.5. The molecule has 0 bridgehead atoms. The molecule has 29 heavy (non-hydrogen) atoms. The third kappa shape index (κ3) is 7.06. The minimum absolute atomic E-state index is 0.129. The number of carboxylic acids is 2. The number of carbonyl (C=O) groups is 2. The van der Waals surface area contributed by atoms with E-state index in [-0.39, 0.29) is 11.1 Å². The van der Waals surface area contributed by atoms with E-state index in [1.54, 1.807) is 0 Å². The highest BCUT2D eigenvalue weighted by Crippen LogP contribution is 2.33. The SMILES string of the molecule is CCCCC(CC)Cc1cc(C(=O)O)c(C(=O)O)c(CC(CC)CCCC)c1N. The maximum Gasteiger partial charge on any atom is 0.336 e. The molecule has 0 aliphatic carbocycles. The van der Waals surface area contributed by atoms with Gasteiger partial charge in [-0.05, 0) is 41.9 Å². The van der Waals surface area contributed by atoms with Crippen molar-refractivity contribution >= 4 is 17.6 Å². The third-order valence-corrected chi connectivity index (χ3v) is 6.09. The molecule has 0 aliphatic heterocycles. The zero-order valence-electron chi connectivity index (χ0n) is 18.6. The number of nitrogens with two attached hydrogens (primary N) is 1. The zero-order valence-corrected chi connectivity index (χ0v) is 18.6. The minimum Gasteiger partial charge on any atom is -0.478 e. The molecule has 0 aliphatic rings. The lowest BCUT2D eigenvalue weighted by molar-refractivity contribution is 0.0650. The molecule has 0 spiro atoms. The van der Waals surface area contributed by atoms with E-state index in [2.05, 4.69) is 27.7 Å². The largest absolute Gasteiger partial charge is 0.478 e. The number of aromatic carboxylic acids is 2. The summed E-state index contributed by atoms with van der Waals surface area (Å²) in [5.74, 6) is -1.69. The highest BCUT2D eigenvalue weighted by molar-refractivity contribution is 6.04. The van der Waals surface area contributed by atoms with Gasteiger partial charge >= 0.3 is 11.9 Å². The smallest absolute Gasteiger partial charge is 0.336 e. The molecule has 0 aromatic heterocycles. The summed E-state index contributed by atoms with van der Waals surface area (Å²) in [5, 5.41) is 19.5. The molecule has 1 rings (SSSR count). The molecule has 4 N–H and O–H groups in total. The van der Waals surface area contributed by atoms with E-state index in [1.165, 1.54) is 6.07 Å². The van der Waals surface area contributed by atoms with Gasteiger partial charge in [0.2, 0.25) is 0 Å². The topological polar surface area (TPSA) is 101 Å². The van der Waals surface area contributed by atoms with Gasteiger partial charge in [0.15, 0.2) is 0 Å². The van der Waals surface area contributed by atoms with Crippen molar-refractivity contribution in [1.29, 1.82) is 0 Å². The fourth-order valence-corrected chi connectivity index (χ4v) is 4.10. The lowest BCUT2D eigenvalue weighted by atomic mass is 9.83. The molecule has 0 heterocycles. The van der Waals surface area contributed by atoms with Crippen molar-refractivity contribution in [3.05, 3.63) is 28.3 Å². The molecular weight excluding hydrogens is 366 g/mol. The Bertz CT molecular complexity index is 684.